The zero-order valence-corrected chi connectivity index (χ0v) is 12.8. The summed E-state index contributed by atoms with van der Waals surface area (Å²) in [5.41, 5.74) is 0.810. The molecule has 0 aliphatic heterocycles. The van der Waals surface area contributed by atoms with Crippen LogP contribution in [-0.4, -0.2) is 16.5 Å². The van der Waals surface area contributed by atoms with E-state index in [1.807, 2.05) is 19.9 Å². The number of hydrogen-bond donors (Lipinski definition) is 0. The average Bonchev–Trinajstić information content (AvgIpc) is 2.41. The van der Waals surface area contributed by atoms with Gasteiger partial charge in [-0.2, -0.15) is 0 Å². The van der Waals surface area contributed by atoms with Crippen LogP contribution in [0.3, 0.4) is 0 Å². The molecule has 20 heavy (non-hydrogen) atoms. The van der Waals surface area contributed by atoms with E-state index in [1.54, 1.807) is 18.3 Å². The quantitative estimate of drug-likeness (QED) is 0.827. The van der Waals surface area contributed by atoms with Gasteiger partial charge < -0.3 is 0 Å². The Hall–Kier alpha value is -1.75. The van der Waals surface area contributed by atoms with Crippen molar-refractivity contribution in [1.29, 1.82) is 0 Å². The number of pyridine rings is 1. The Morgan fingerprint density at radius 1 is 1.30 bits per heavy atom. The fourth-order valence-electron chi connectivity index (χ4n) is 1.77. The first-order valence-corrected chi connectivity index (χ1v) is 6.99. The number of halogens is 2. The molecule has 0 atom stereocenters. The van der Waals surface area contributed by atoms with E-state index in [9.17, 15) is 9.18 Å². The largest absolute Gasteiger partial charge is 0.268 e. The predicted octanol–water partition coefficient (Wildman–Crippen LogP) is 3.39. The Kier molecular flexibility index (Phi) is 4.49. The highest BCUT2D eigenvalue weighted by Crippen LogP contribution is 2.18. The summed E-state index contributed by atoms with van der Waals surface area (Å²) in [5.74, 6) is -0.771. The van der Waals surface area contributed by atoms with E-state index in [0.717, 1.165) is 0 Å². The van der Waals surface area contributed by atoms with E-state index in [-0.39, 0.29) is 17.5 Å². The van der Waals surface area contributed by atoms with E-state index in [1.165, 1.54) is 22.8 Å². The summed E-state index contributed by atoms with van der Waals surface area (Å²) in [6.45, 7) is 3.86. The van der Waals surface area contributed by atoms with Crippen molar-refractivity contribution in [1.82, 2.24) is 4.57 Å². The van der Waals surface area contributed by atoms with Gasteiger partial charge in [0.05, 0.1) is 5.56 Å². The molecule has 1 aromatic carbocycles. The van der Waals surface area contributed by atoms with Gasteiger partial charge in [0.15, 0.2) is 0 Å². The van der Waals surface area contributed by atoms with Crippen molar-refractivity contribution in [2.24, 2.45) is 4.99 Å². The first-order chi connectivity index (χ1) is 9.49. The van der Waals surface area contributed by atoms with Gasteiger partial charge in [-0.1, -0.05) is 6.07 Å². The van der Waals surface area contributed by atoms with E-state index in [0.29, 0.717) is 9.96 Å². The molecule has 0 fully saturated rings. The van der Waals surface area contributed by atoms with Gasteiger partial charge in [-0.15, -0.1) is 0 Å². The number of nitrogens with zero attached hydrogens (tertiary/aromatic N) is 2. The van der Waals surface area contributed by atoms with E-state index >= 15 is 0 Å². The smallest absolute Gasteiger partial charge is 0.264 e. The van der Waals surface area contributed by atoms with Crippen molar-refractivity contribution in [3.63, 3.8) is 0 Å². The monoisotopic (exact) mass is 336 g/mol. The fraction of sp³-hybridized carbons (Fsp3) is 0.200. The van der Waals surface area contributed by atoms with E-state index in [2.05, 4.69) is 20.9 Å². The van der Waals surface area contributed by atoms with Gasteiger partial charge >= 0.3 is 0 Å². The first-order valence-electron chi connectivity index (χ1n) is 6.20. The molecule has 0 radical (unpaired) electrons. The zero-order valence-electron chi connectivity index (χ0n) is 11.2. The third-order valence-corrected chi connectivity index (χ3v) is 3.30. The third-order valence-electron chi connectivity index (χ3n) is 2.61. The highest BCUT2D eigenvalue weighted by Gasteiger charge is 2.13. The molecule has 5 heteroatoms. The van der Waals surface area contributed by atoms with Crippen molar-refractivity contribution in [3.05, 3.63) is 63.9 Å². The van der Waals surface area contributed by atoms with Crippen LogP contribution in [0.15, 0.2) is 52.1 Å². The number of aromatic nitrogens is 1. The number of rotatable bonds is 2. The summed E-state index contributed by atoms with van der Waals surface area (Å²) in [5, 5.41) is 0. The second-order valence-corrected chi connectivity index (χ2v) is 5.44. The normalized spacial score (nSPS) is 11.9. The zero-order chi connectivity index (χ0) is 14.7. The van der Waals surface area contributed by atoms with Gasteiger partial charge in [-0.05, 0) is 60.1 Å². The molecule has 0 spiro atoms. The maximum atomic E-state index is 13.3. The van der Waals surface area contributed by atoms with Gasteiger partial charge in [0.2, 0.25) is 0 Å². The molecule has 0 unspecified atom stereocenters. The highest BCUT2D eigenvalue weighted by molar-refractivity contribution is 9.10. The third kappa shape index (κ3) is 3.22. The lowest BCUT2D eigenvalue weighted by Gasteiger charge is -2.08. The van der Waals surface area contributed by atoms with Crippen molar-refractivity contribution in [2.45, 2.75) is 19.9 Å². The van der Waals surface area contributed by atoms with Crippen LogP contribution in [0.25, 0.3) is 0 Å². The molecule has 3 nitrogen and oxygen atoms in total. The van der Waals surface area contributed by atoms with Crippen molar-refractivity contribution < 1.29 is 9.18 Å². The lowest BCUT2D eigenvalue weighted by atomic mass is 10.2. The van der Waals surface area contributed by atoms with Crippen LogP contribution >= 0.6 is 15.9 Å². The summed E-state index contributed by atoms with van der Waals surface area (Å²) >= 11 is 3.27. The van der Waals surface area contributed by atoms with E-state index in [4.69, 9.17) is 0 Å². The van der Waals surface area contributed by atoms with Gasteiger partial charge in [0.1, 0.15) is 11.3 Å². The summed E-state index contributed by atoms with van der Waals surface area (Å²) in [7, 11) is 0. The highest BCUT2D eigenvalue weighted by atomic mass is 79.9. The predicted molar refractivity (Wildman–Crippen MR) is 79.0 cm³/mol. The summed E-state index contributed by atoms with van der Waals surface area (Å²) in [4.78, 5) is 16.9. The molecule has 0 amide bonds. The molecule has 2 aromatic rings. The van der Waals surface area contributed by atoms with Crippen LogP contribution in [0.4, 0.5) is 4.39 Å². The molecule has 0 N–H and O–H groups in total. The minimum Gasteiger partial charge on any atom is -0.268 e. The Morgan fingerprint density at radius 2 is 2.05 bits per heavy atom. The Balaban J connectivity index is 2.57. The van der Waals surface area contributed by atoms with Crippen LogP contribution in [0, 0.1) is 5.82 Å². The number of carbonyl (C=O) groups is 1. The molecule has 1 heterocycles. The first kappa shape index (κ1) is 14.7. The van der Waals surface area contributed by atoms with Crippen LogP contribution < -0.4 is 5.49 Å². The lowest BCUT2D eigenvalue weighted by molar-refractivity contribution is 0.0953. The van der Waals surface area contributed by atoms with Crippen LogP contribution in [0.5, 0.6) is 0 Å². The Labute approximate surface area is 124 Å². The summed E-state index contributed by atoms with van der Waals surface area (Å²) in [6, 6.07) is 9.40. The molecule has 0 bridgehead atoms. The van der Waals surface area contributed by atoms with Crippen LogP contribution in [0.1, 0.15) is 24.2 Å². The molecule has 0 saturated heterocycles. The molecular formula is C15H14BrFN2O. The van der Waals surface area contributed by atoms with Gasteiger partial charge in [0, 0.05) is 16.7 Å². The minimum absolute atomic E-state index is 0.0624. The SMILES string of the molecule is CC(C)N=c1ccccn1C(=O)c1cc(F)ccc1Br. The molecule has 0 saturated carbocycles. The van der Waals surface area contributed by atoms with Crippen molar-refractivity contribution in [3.8, 4) is 0 Å². The molecule has 104 valence electrons. The van der Waals surface area contributed by atoms with Crippen LogP contribution in [-0.2, 0) is 0 Å². The average molecular weight is 337 g/mol. The Morgan fingerprint density at radius 3 is 2.75 bits per heavy atom. The van der Waals surface area contributed by atoms with Gasteiger partial charge in [0.25, 0.3) is 5.91 Å². The lowest BCUT2D eigenvalue weighted by Crippen LogP contribution is -2.28. The van der Waals surface area contributed by atoms with Crippen molar-refractivity contribution in [2.75, 3.05) is 0 Å². The molecule has 0 aliphatic carbocycles. The standard InChI is InChI=1S/C15H14BrFN2O/c1-10(2)18-14-5-3-4-8-19(14)15(20)12-9-11(17)6-7-13(12)16/h3-10H,1-2H3. The number of hydrogen-bond acceptors (Lipinski definition) is 2. The number of carbonyl (C=O) groups excluding carboxylic acids is 1. The van der Waals surface area contributed by atoms with Gasteiger partial charge in [-0.3, -0.25) is 14.4 Å². The van der Waals surface area contributed by atoms with E-state index < -0.39 is 5.82 Å². The topological polar surface area (TPSA) is 34.4 Å². The summed E-state index contributed by atoms with van der Waals surface area (Å²) in [6.07, 6.45) is 1.63. The Bertz CT molecular complexity index is 707. The van der Waals surface area contributed by atoms with Gasteiger partial charge in [-0.25, -0.2) is 4.39 Å². The molecule has 0 aliphatic rings. The van der Waals surface area contributed by atoms with Crippen LogP contribution in [0.2, 0.25) is 0 Å². The summed E-state index contributed by atoms with van der Waals surface area (Å²) < 4.78 is 15.3. The second-order valence-electron chi connectivity index (χ2n) is 4.58. The molecule has 1 aromatic heterocycles. The van der Waals surface area contributed by atoms with Crippen molar-refractivity contribution >= 4 is 21.8 Å². The fourth-order valence-corrected chi connectivity index (χ4v) is 2.18. The minimum atomic E-state index is -0.449. The second kappa shape index (κ2) is 6.13. The maximum absolute atomic E-state index is 13.3. The number of benzene rings is 1. The molecular weight excluding hydrogens is 323 g/mol. The molecule has 2 rings (SSSR count). The maximum Gasteiger partial charge on any atom is 0.264 e.